The van der Waals surface area contributed by atoms with Gasteiger partial charge in [-0.1, -0.05) is 68.9 Å². The summed E-state index contributed by atoms with van der Waals surface area (Å²) in [6.07, 6.45) is 17.3. The van der Waals surface area contributed by atoms with Crippen LogP contribution < -0.4 is 9.47 Å². The summed E-state index contributed by atoms with van der Waals surface area (Å²) in [4.78, 5) is 54.4. The van der Waals surface area contributed by atoms with Crippen LogP contribution in [0.25, 0.3) is 0 Å². The molecular weight excluding hydrogens is 795 g/mol. The third-order valence-electron chi connectivity index (χ3n) is 11.3. The maximum atomic E-state index is 13.9. The van der Waals surface area contributed by atoms with Crippen LogP contribution in [0.15, 0.2) is 54.3 Å². The van der Waals surface area contributed by atoms with E-state index in [-0.39, 0.29) is 86.1 Å². The maximum Gasteiger partial charge on any atom is 0.514 e. The number of fused-ring (bicyclic) bond motifs is 1. The Labute approximate surface area is 365 Å². The van der Waals surface area contributed by atoms with Gasteiger partial charge in [0, 0.05) is 6.20 Å². The molecule has 0 N–H and O–H groups in total. The number of esters is 2. The number of aromatic nitrogens is 3. The van der Waals surface area contributed by atoms with Gasteiger partial charge in [0.1, 0.15) is 29.6 Å². The first-order chi connectivity index (χ1) is 29.5. The third-order valence-corrected chi connectivity index (χ3v) is 11.3. The number of ether oxygens (including phenoxy) is 5. The Balaban J connectivity index is 1.08. The van der Waals surface area contributed by atoms with Crippen LogP contribution in [0.2, 0.25) is 6.32 Å². The molecule has 336 valence electrons. The maximum absolute atomic E-state index is 13.9. The first-order valence-corrected chi connectivity index (χ1v) is 22.1. The van der Waals surface area contributed by atoms with Crippen molar-refractivity contribution in [2.45, 2.75) is 149 Å². The number of rotatable bonds is 17. The van der Waals surface area contributed by atoms with Crippen LogP contribution in [0.1, 0.15) is 121 Å². The van der Waals surface area contributed by atoms with Crippen molar-refractivity contribution < 1.29 is 52.2 Å². The monoisotopic (exact) mass is 858 g/mol. The fourth-order valence-corrected chi connectivity index (χ4v) is 8.19. The Hall–Kier alpha value is -4.96. The zero-order valence-electron chi connectivity index (χ0n) is 37.4. The third kappa shape index (κ3) is 13.0. The highest BCUT2D eigenvalue weighted by Crippen LogP contribution is 2.48. The van der Waals surface area contributed by atoms with Crippen LogP contribution >= 0.6 is 0 Å². The fraction of sp³-hybridized carbons (Fsp3) is 0.609. The molecule has 2 aromatic rings. The molecule has 2 unspecified atom stereocenters. The van der Waals surface area contributed by atoms with Crippen LogP contribution in [0.5, 0.6) is 11.5 Å². The molecule has 3 fully saturated rings. The van der Waals surface area contributed by atoms with Crippen molar-refractivity contribution in [3.05, 3.63) is 71.1 Å². The van der Waals surface area contributed by atoms with Crippen LogP contribution in [0.3, 0.4) is 0 Å². The number of unbranched alkanes of at least 4 members (excludes halogenated alkanes) is 1. The number of aryl methyl sites for hydroxylation is 2. The Morgan fingerprint density at radius 2 is 1.82 bits per heavy atom. The molecule has 1 aromatic heterocycles. The van der Waals surface area contributed by atoms with Crippen molar-refractivity contribution >= 4 is 31.1 Å². The van der Waals surface area contributed by atoms with Gasteiger partial charge in [-0.05, 0) is 102 Å². The highest BCUT2D eigenvalue weighted by atomic mass is 16.7. The molecule has 2 aliphatic heterocycles. The molecule has 4 aliphatic rings. The predicted molar refractivity (Wildman–Crippen MR) is 231 cm³/mol. The van der Waals surface area contributed by atoms with Gasteiger partial charge >= 0.3 is 25.2 Å². The fourth-order valence-electron chi connectivity index (χ4n) is 8.19. The Morgan fingerprint density at radius 1 is 1.03 bits per heavy atom. The lowest BCUT2D eigenvalue weighted by Gasteiger charge is -2.43. The second-order valence-corrected chi connectivity index (χ2v) is 18.6. The average molecular weight is 859 g/mol. The number of benzene rings is 1. The van der Waals surface area contributed by atoms with Gasteiger partial charge in [-0.3, -0.25) is 14.3 Å². The van der Waals surface area contributed by atoms with Crippen LogP contribution in [-0.2, 0) is 52.5 Å². The first kappa shape index (κ1) is 46.5. The second-order valence-electron chi connectivity index (χ2n) is 18.6. The largest absolute Gasteiger partial charge is 0.514 e. The Kier molecular flexibility index (Phi) is 15.4. The van der Waals surface area contributed by atoms with E-state index in [9.17, 15) is 19.2 Å². The van der Waals surface area contributed by atoms with E-state index < -0.39 is 36.5 Å². The van der Waals surface area contributed by atoms with Gasteiger partial charge < -0.3 is 37.9 Å². The predicted octanol–water partition coefficient (Wildman–Crippen LogP) is 7.56. The topological polar surface area (TPSA) is 167 Å². The lowest BCUT2D eigenvalue weighted by atomic mass is 9.69. The van der Waals surface area contributed by atoms with Crippen molar-refractivity contribution in [1.29, 1.82) is 0 Å². The molecule has 1 saturated carbocycles. The summed E-state index contributed by atoms with van der Waals surface area (Å²) < 4.78 is 43.3. The molecule has 16 heteroatoms. The molecule has 2 aliphatic carbocycles. The number of hydrogen-bond acceptors (Lipinski definition) is 13. The molecule has 0 radical (unpaired) electrons. The number of carbonyl (C=O) groups excluding carboxylic acids is 4. The summed E-state index contributed by atoms with van der Waals surface area (Å²) in [5.74, 6) is -1.07. The molecule has 0 spiro atoms. The van der Waals surface area contributed by atoms with Gasteiger partial charge in [-0.2, -0.15) is 0 Å². The average Bonchev–Trinajstić information content (AvgIpc) is 3.75. The SMILES string of the molecule is CCCCOC(=O)c1c(OC2CN(C(=O)Cc3cn(CCC(=O)OCC4=C/C/C=C\C/C=C\4)nn3)C2)ccc(CCB2OC3CCC(C)(C)CC3(C)O2)c1OC(=O)OC(C)(C)C. The van der Waals surface area contributed by atoms with Crippen molar-refractivity contribution in [3.8, 4) is 11.5 Å². The summed E-state index contributed by atoms with van der Waals surface area (Å²) in [7, 11) is -0.476. The number of hydrogen-bond donors (Lipinski definition) is 0. The van der Waals surface area contributed by atoms with Crippen LogP contribution in [0, 0.1) is 5.41 Å². The number of likely N-dealkylation sites (tertiary alicyclic amines) is 1. The molecule has 62 heavy (non-hydrogen) atoms. The van der Waals surface area contributed by atoms with Crippen molar-refractivity contribution in [2.75, 3.05) is 26.3 Å². The minimum absolute atomic E-state index is 0.00757. The number of allylic oxidation sites excluding steroid dienone is 4. The minimum Gasteiger partial charge on any atom is -0.486 e. The van der Waals surface area contributed by atoms with Gasteiger partial charge in [-0.25, -0.2) is 9.59 Å². The molecule has 2 atom stereocenters. The molecule has 2 saturated heterocycles. The van der Waals surface area contributed by atoms with Gasteiger partial charge in [0.25, 0.3) is 0 Å². The summed E-state index contributed by atoms with van der Waals surface area (Å²) in [6.45, 7) is 14.9. The van der Waals surface area contributed by atoms with E-state index in [1.165, 1.54) is 4.68 Å². The summed E-state index contributed by atoms with van der Waals surface area (Å²) >= 11 is 0. The highest BCUT2D eigenvalue weighted by Gasteiger charge is 2.53. The standard InChI is InChI=1S/C46H63BN4O11/c1-8-9-25-56-42(54)40-36(18-17-33(41(40)59-43(55)60-44(2,3)4)20-23-47-61-37-19-22-45(5,6)31-46(37,7)62-47)58-35-28-50(29-35)38(52)26-34-27-51(49-48-34)24-21-39(53)57-30-32-15-13-11-10-12-14-16-32/h10-11,14-18,27,35,37H,8-9,12-13,19-26,28-31H2,1-7H3/b11-10-,16-14-,32-15+. The van der Waals surface area contributed by atoms with Gasteiger partial charge in [0.05, 0.1) is 56.5 Å². The second kappa shape index (κ2) is 20.5. The van der Waals surface area contributed by atoms with Crippen LogP contribution in [-0.4, -0.2) is 101 Å². The smallest absolute Gasteiger partial charge is 0.486 e. The Bertz CT molecular complexity index is 2010. The van der Waals surface area contributed by atoms with Crippen LogP contribution in [0.4, 0.5) is 4.79 Å². The lowest BCUT2D eigenvalue weighted by Crippen LogP contribution is -2.56. The molecule has 6 rings (SSSR count). The van der Waals surface area contributed by atoms with E-state index in [1.54, 1.807) is 44.0 Å². The normalized spacial score (nSPS) is 22.8. The first-order valence-electron chi connectivity index (χ1n) is 22.1. The van der Waals surface area contributed by atoms with Crippen molar-refractivity contribution in [1.82, 2.24) is 19.9 Å². The molecule has 0 bridgehead atoms. The van der Waals surface area contributed by atoms with E-state index in [4.69, 9.17) is 33.0 Å². The van der Waals surface area contributed by atoms with E-state index in [1.807, 2.05) is 25.2 Å². The molecular formula is C46H63BN4O11. The molecule has 3 heterocycles. The number of nitrogens with zero attached hydrogens (tertiary/aromatic N) is 4. The molecule has 1 aromatic carbocycles. The van der Waals surface area contributed by atoms with E-state index in [2.05, 4.69) is 43.2 Å². The quantitative estimate of drug-likeness (QED) is 0.0382. The van der Waals surface area contributed by atoms with Crippen molar-refractivity contribution in [3.63, 3.8) is 0 Å². The van der Waals surface area contributed by atoms with E-state index in [0.29, 0.717) is 30.4 Å². The highest BCUT2D eigenvalue weighted by molar-refractivity contribution is 6.45. The Morgan fingerprint density at radius 3 is 2.60 bits per heavy atom. The summed E-state index contributed by atoms with van der Waals surface area (Å²) in [5, 5.41) is 8.22. The van der Waals surface area contributed by atoms with Gasteiger partial charge in [-0.15, -0.1) is 5.10 Å². The minimum atomic E-state index is -0.973. The zero-order valence-corrected chi connectivity index (χ0v) is 37.4. The van der Waals surface area contributed by atoms with Gasteiger partial charge in [0.15, 0.2) is 5.75 Å². The molecule has 1 amide bonds. The number of carbonyl (C=O) groups is 4. The lowest BCUT2D eigenvalue weighted by molar-refractivity contribution is -0.143. The van der Waals surface area contributed by atoms with Crippen molar-refractivity contribution in [2.24, 2.45) is 5.41 Å². The summed E-state index contributed by atoms with van der Waals surface area (Å²) in [5.41, 5.74) is 0.843. The van der Waals surface area contributed by atoms with E-state index in [0.717, 1.165) is 44.1 Å². The zero-order chi connectivity index (χ0) is 44.5. The van der Waals surface area contributed by atoms with E-state index >= 15 is 0 Å². The van der Waals surface area contributed by atoms with Gasteiger partial charge in [0.2, 0.25) is 5.91 Å². The summed E-state index contributed by atoms with van der Waals surface area (Å²) in [6, 6.07) is 3.44. The number of amides is 1. The molecule has 15 nitrogen and oxygen atoms in total.